The zero-order valence-electron chi connectivity index (χ0n) is 17.1. The van der Waals surface area contributed by atoms with E-state index in [1.165, 1.54) is 28.0 Å². The highest BCUT2D eigenvalue weighted by Crippen LogP contribution is 2.31. The first kappa shape index (κ1) is 20.8. The molecule has 2 aromatic carbocycles. The van der Waals surface area contributed by atoms with Crippen molar-refractivity contribution in [2.75, 3.05) is 0 Å². The van der Waals surface area contributed by atoms with Gasteiger partial charge in [-0.25, -0.2) is 22.9 Å². The van der Waals surface area contributed by atoms with Crippen LogP contribution in [-0.2, 0) is 6.54 Å². The second-order valence-corrected chi connectivity index (χ2v) is 8.34. The molecule has 0 saturated heterocycles. The number of fused-ring (bicyclic) bond motifs is 2. The van der Waals surface area contributed by atoms with Gasteiger partial charge < -0.3 is 14.7 Å². The average Bonchev–Trinajstić information content (AvgIpc) is 3.34. The average molecular weight is 467 g/mol. The highest BCUT2D eigenvalue weighted by Gasteiger charge is 2.27. The number of halogens is 2. The van der Waals surface area contributed by atoms with Gasteiger partial charge in [-0.3, -0.25) is 4.79 Å². The van der Waals surface area contributed by atoms with Crippen LogP contribution in [0.2, 0.25) is 0 Å². The van der Waals surface area contributed by atoms with Crippen LogP contribution in [0.15, 0.2) is 56.7 Å². The van der Waals surface area contributed by atoms with E-state index in [1.54, 1.807) is 35.9 Å². The highest BCUT2D eigenvalue weighted by atomic mass is 32.1. The Hall–Kier alpha value is -4.05. The predicted octanol–water partition coefficient (Wildman–Crippen LogP) is 4.03. The molecule has 2 N–H and O–H groups in total. The van der Waals surface area contributed by atoms with Crippen molar-refractivity contribution in [3.05, 3.63) is 96.5 Å². The molecule has 0 aliphatic heterocycles. The molecule has 10 heteroatoms. The number of aromatic nitrogens is 3. The third-order valence-corrected chi connectivity index (χ3v) is 6.26. The smallest absolute Gasteiger partial charge is 0.354 e. The molecule has 0 spiro atoms. The minimum Gasteiger partial charge on any atom is -0.477 e. The zero-order valence-corrected chi connectivity index (χ0v) is 17.9. The van der Waals surface area contributed by atoms with Crippen LogP contribution < -0.4 is 11.2 Å². The summed E-state index contributed by atoms with van der Waals surface area (Å²) in [5.41, 5.74) is -0.593. The molecular formula is C23H15F2N3O4S. The van der Waals surface area contributed by atoms with Gasteiger partial charge in [0.2, 0.25) is 0 Å². The van der Waals surface area contributed by atoms with E-state index in [0.29, 0.717) is 16.4 Å². The van der Waals surface area contributed by atoms with Gasteiger partial charge in [0, 0.05) is 21.7 Å². The lowest BCUT2D eigenvalue weighted by molar-refractivity contribution is 0.0686. The van der Waals surface area contributed by atoms with Crippen LogP contribution >= 0.6 is 11.3 Å². The molecule has 0 atom stereocenters. The van der Waals surface area contributed by atoms with Gasteiger partial charge in [0.05, 0.1) is 28.7 Å². The van der Waals surface area contributed by atoms with Gasteiger partial charge in [0.1, 0.15) is 0 Å². The molecule has 0 amide bonds. The highest BCUT2D eigenvalue weighted by molar-refractivity contribution is 7.09. The van der Waals surface area contributed by atoms with Crippen LogP contribution in [0.1, 0.15) is 21.6 Å². The summed E-state index contributed by atoms with van der Waals surface area (Å²) in [6.45, 7) is 1.46. The quantitative estimate of drug-likeness (QED) is 0.417. The number of hydrogen-bond acceptors (Lipinski definition) is 4. The largest absolute Gasteiger partial charge is 0.477 e. The van der Waals surface area contributed by atoms with Gasteiger partial charge in [-0.1, -0.05) is 23.8 Å². The molecule has 33 heavy (non-hydrogen) atoms. The lowest BCUT2D eigenvalue weighted by atomic mass is 10.1. The molecule has 5 rings (SSSR count). The van der Waals surface area contributed by atoms with Gasteiger partial charge in [-0.2, -0.15) is 0 Å². The number of aryl methyl sites for hydroxylation is 1. The molecule has 0 saturated carbocycles. The van der Waals surface area contributed by atoms with Crippen molar-refractivity contribution in [1.29, 1.82) is 0 Å². The number of carboxylic acid groups (broad SMARTS) is 1. The van der Waals surface area contributed by atoms with Crippen molar-refractivity contribution in [3.8, 4) is 5.69 Å². The lowest BCUT2D eigenvalue weighted by Gasteiger charge is -2.11. The number of H-pyrrole nitrogens is 1. The molecule has 7 nitrogen and oxygen atoms in total. The Morgan fingerprint density at radius 2 is 1.91 bits per heavy atom. The Morgan fingerprint density at radius 1 is 1.12 bits per heavy atom. The minimum atomic E-state index is -1.42. The lowest BCUT2D eigenvalue weighted by Crippen LogP contribution is -2.34. The molecule has 0 aliphatic carbocycles. The molecule has 0 radical (unpaired) electrons. The van der Waals surface area contributed by atoms with Crippen LogP contribution in [0.5, 0.6) is 0 Å². The molecule has 3 heterocycles. The molecule has 0 fully saturated rings. The fourth-order valence-electron chi connectivity index (χ4n) is 4.05. The molecule has 166 valence electrons. The maximum absolute atomic E-state index is 14.4. The van der Waals surface area contributed by atoms with E-state index < -0.39 is 28.9 Å². The van der Waals surface area contributed by atoms with Gasteiger partial charge >= 0.3 is 11.7 Å². The number of rotatable bonds is 4. The maximum atomic E-state index is 14.4. The van der Waals surface area contributed by atoms with E-state index in [2.05, 4.69) is 4.98 Å². The summed E-state index contributed by atoms with van der Waals surface area (Å²) in [6.07, 6.45) is 0. The first-order chi connectivity index (χ1) is 15.8. The summed E-state index contributed by atoms with van der Waals surface area (Å²) in [7, 11) is 0. The van der Waals surface area contributed by atoms with Gasteiger partial charge in [-0.15, -0.1) is 11.3 Å². The van der Waals surface area contributed by atoms with Crippen LogP contribution in [0.25, 0.3) is 27.5 Å². The van der Waals surface area contributed by atoms with E-state index in [0.717, 1.165) is 16.2 Å². The molecule has 0 unspecified atom stereocenters. The first-order valence-electron chi connectivity index (χ1n) is 9.78. The summed E-state index contributed by atoms with van der Waals surface area (Å²) < 4.78 is 30.3. The number of carbonyl (C=O) groups is 1. The second-order valence-electron chi connectivity index (χ2n) is 7.59. The standard InChI is InChI=1S/C23H15F2N3O4S/c1-11-5-6-17-13(7-11)19(28-21(29)14-9-33-10-16(14)26-23(28)32)20(22(30)31)27(17)8-12-3-2-4-15(24)18(12)25/h2-7,9-10H,8H2,1H3,(H,26,32)(H,30,31). The topological polar surface area (TPSA) is 97.1 Å². The van der Waals surface area contributed by atoms with Crippen LogP contribution in [0.3, 0.4) is 0 Å². The predicted molar refractivity (Wildman–Crippen MR) is 121 cm³/mol. The summed E-state index contributed by atoms with van der Waals surface area (Å²) in [5, 5.41) is 13.9. The first-order valence-corrected chi connectivity index (χ1v) is 10.7. The van der Waals surface area contributed by atoms with Crippen molar-refractivity contribution >= 4 is 39.1 Å². The third-order valence-electron chi connectivity index (χ3n) is 5.52. The zero-order chi connectivity index (χ0) is 23.4. The second kappa shape index (κ2) is 7.52. The van der Waals surface area contributed by atoms with E-state index in [4.69, 9.17) is 0 Å². The number of nitrogens with one attached hydrogen (secondary N) is 1. The summed E-state index contributed by atoms with van der Waals surface area (Å²) in [4.78, 5) is 41.2. The number of thiophene rings is 1. The summed E-state index contributed by atoms with van der Waals surface area (Å²) >= 11 is 1.22. The fourth-order valence-corrected chi connectivity index (χ4v) is 4.80. The van der Waals surface area contributed by atoms with Gasteiger partial charge in [0.15, 0.2) is 17.3 Å². The molecule has 0 aliphatic rings. The fraction of sp³-hybridized carbons (Fsp3) is 0.0870. The van der Waals surface area contributed by atoms with E-state index in [-0.39, 0.29) is 28.9 Å². The number of carboxylic acids is 1. The van der Waals surface area contributed by atoms with E-state index in [1.807, 2.05) is 0 Å². The molecule has 3 aromatic heterocycles. The Kier molecular flexibility index (Phi) is 4.75. The van der Waals surface area contributed by atoms with Gasteiger partial charge in [0.25, 0.3) is 5.56 Å². The summed E-state index contributed by atoms with van der Waals surface area (Å²) in [5.74, 6) is -3.58. The monoisotopic (exact) mass is 467 g/mol. The van der Waals surface area contributed by atoms with Crippen molar-refractivity contribution in [2.45, 2.75) is 13.5 Å². The number of nitrogens with zero attached hydrogens (tertiary/aromatic N) is 2. The molecule has 0 bridgehead atoms. The van der Waals surface area contributed by atoms with Crippen molar-refractivity contribution in [1.82, 2.24) is 14.1 Å². The number of hydrogen-bond donors (Lipinski definition) is 2. The summed E-state index contributed by atoms with van der Waals surface area (Å²) in [6, 6.07) is 8.64. The Labute approximate surface area is 187 Å². The Bertz CT molecular complexity index is 1710. The minimum absolute atomic E-state index is 0.0731. The van der Waals surface area contributed by atoms with Crippen LogP contribution in [0.4, 0.5) is 8.78 Å². The Morgan fingerprint density at radius 3 is 2.67 bits per heavy atom. The number of aromatic carboxylic acids is 1. The van der Waals surface area contributed by atoms with Crippen LogP contribution in [-0.4, -0.2) is 25.2 Å². The SMILES string of the molecule is Cc1ccc2c(c1)c(-n1c(=O)[nH]c3cscc3c1=O)c(C(=O)O)n2Cc1cccc(F)c1F. The Balaban J connectivity index is 1.91. The third kappa shape index (κ3) is 3.18. The number of benzene rings is 2. The molecular weight excluding hydrogens is 452 g/mol. The van der Waals surface area contributed by atoms with Crippen molar-refractivity contribution in [2.24, 2.45) is 0 Å². The van der Waals surface area contributed by atoms with E-state index >= 15 is 0 Å². The van der Waals surface area contributed by atoms with E-state index in [9.17, 15) is 28.3 Å². The van der Waals surface area contributed by atoms with Gasteiger partial charge in [-0.05, 0) is 25.1 Å². The normalized spacial score (nSPS) is 11.5. The molecule has 5 aromatic rings. The van der Waals surface area contributed by atoms with Crippen LogP contribution in [0, 0.1) is 18.6 Å². The van der Waals surface area contributed by atoms with Crippen molar-refractivity contribution in [3.63, 3.8) is 0 Å². The maximum Gasteiger partial charge on any atom is 0.354 e. The number of aromatic amines is 1. The van der Waals surface area contributed by atoms with Crippen molar-refractivity contribution < 1.29 is 18.7 Å².